The van der Waals surface area contributed by atoms with Gasteiger partial charge >= 0.3 is 12.5 Å². The molecule has 1 rings (SSSR count). The normalized spacial score (nSPS) is 12.7. The second-order valence-corrected chi connectivity index (χ2v) is 4.14. The van der Waals surface area contributed by atoms with Gasteiger partial charge < -0.3 is 10.5 Å². The molecule has 0 aromatic carbocycles. The summed E-state index contributed by atoms with van der Waals surface area (Å²) in [5, 5.41) is 0. The van der Waals surface area contributed by atoms with E-state index < -0.39 is 36.1 Å². The highest BCUT2D eigenvalue weighted by Crippen LogP contribution is 2.39. The number of ether oxygens (including phenoxy) is 1. The average molecular weight is 386 g/mol. The van der Waals surface area contributed by atoms with Gasteiger partial charge in [-0.2, -0.15) is 13.2 Å². The van der Waals surface area contributed by atoms with Crippen LogP contribution in [0.15, 0.2) is 6.07 Å². The monoisotopic (exact) mass is 386 g/mol. The highest BCUT2D eigenvalue weighted by molar-refractivity contribution is 14.1. The number of rotatable bonds is 2. The Morgan fingerprint density at radius 3 is 2.17 bits per heavy atom. The van der Waals surface area contributed by atoms with Crippen molar-refractivity contribution in [3.8, 4) is 5.75 Å². The fourth-order valence-electron chi connectivity index (χ4n) is 1.12. The van der Waals surface area contributed by atoms with Gasteiger partial charge in [-0.25, -0.2) is 4.98 Å². The maximum Gasteiger partial charge on any atom is 0.573 e. The molecule has 1 aromatic rings. The molecule has 0 aliphatic heterocycles. The lowest BCUT2D eigenvalue weighted by molar-refractivity contribution is -0.276. The van der Waals surface area contributed by atoms with Crippen molar-refractivity contribution < 1.29 is 31.1 Å². The molecule has 18 heavy (non-hydrogen) atoms. The highest BCUT2D eigenvalue weighted by atomic mass is 127. The first-order valence-corrected chi connectivity index (χ1v) is 5.35. The van der Waals surface area contributed by atoms with Crippen molar-refractivity contribution in [1.29, 1.82) is 0 Å². The Bertz CT molecular complexity index is 444. The molecule has 1 aromatic heterocycles. The summed E-state index contributed by atoms with van der Waals surface area (Å²) >= 11 is 1.44. The van der Waals surface area contributed by atoms with Crippen molar-refractivity contribution in [2.75, 3.05) is 0 Å². The van der Waals surface area contributed by atoms with Gasteiger partial charge in [-0.05, 0) is 28.7 Å². The molecule has 0 amide bonds. The third-order valence-electron chi connectivity index (χ3n) is 1.72. The van der Waals surface area contributed by atoms with E-state index in [9.17, 15) is 26.3 Å². The number of aromatic nitrogens is 1. The maximum absolute atomic E-state index is 12.6. The van der Waals surface area contributed by atoms with E-state index in [4.69, 9.17) is 5.73 Å². The lowest BCUT2D eigenvalue weighted by atomic mass is 10.2. The quantitative estimate of drug-likeness (QED) is 0.483. The zero-order valence-corrected chi connectivity index (χ0v) is 10.5. The van der Waals surface area contributed by atoms with Gasteiger partial charge in [-0.1, -0.05) is 0 Å². The van der Waals surface area contributed by atoms with Gasteiger partial charge in [0.2, 0.25) is 0 Å². The van der Waals surface area contributed by atoms with Crippen LogP contribution in [0.3, 0.4) is 0 Å². The minimum atomic E-state index is -5.25. The van der Waals surface area contributed by atoms with Crippen molar-refractivity contribution in [3.05, 3.63) is 21.0 Å². The van der Waals surface area contributed by atoms with Crippen LogP contribution in [0, 0.1) is 3.70 Å². The fraction of sp³-hybridized carbons (Fsp3) is 0.375. The lowest BCUT2D eigenvalue weighted by Crippen LogP contribution is -2.23. The number of halogens is 7. The first-order valence-electron chi connectivity index (χ1n) is 4.27. The van der Waals surface area contributed by atoms with E-state index in [0.717, 1.165) is 6.07 Å². The SMILES string of the molecule is NCc1cc(I)nc(C(F)(F)F)c1OC(F)(F)F. The summed E-state index contributed by atoms with van der Waals surface area (Å²) in [6.07, 6.45) is -10.3. The fourth-order valence-corrected chi connectivity index (χ4v) is 1.74. The minimum Gasteiger partial charge on any atom is -0.403 e. The predicted molar refractivity (Wildman–Crippen MR) is 56.5 cm³/mol. The molecule has 0 radical (unpaired) electrons. The molecule has 0 aliphatic rings. The summed E-state index contributed by atoms with van der Waals surface area (Å²) in [4.78, 5) is 3.02. The van der Waals surface area contributed by atoms with Crippen molar-refractivity contribution in [2.24, 2.45) is 5.73 Å². The average Bonchev–Trinajstić information content (AvgIpc) is 2.16. The topological polar surface area (TPSA) is 48.1 Å². The summed E-state index contributed by atoms with van der Waals surface area (Å²) in [5.41, 5.74) is 2.94. The third-order valence-corrected chi connectivity index (χ3v) is 2.28. The number of nitrogens with zero attached hydrogens (tertiary/aromatic N) is 1. The number of nitrogens with two attached hydrogens (primary N) is 1. The molecule has 3 nitrogen and oxygen atoms in total. The Hall–Kier alpha value is -0.780. The molecule has 0 saturated heterocycles. The Labute approximate surface area is 110 Å². The summed E-state index contributed by atoms with van der Waals surface area (Å²) < 4.78 is 77.1. The molecule has 0 atom stereocenters. The van der Waals surface area contributed by atoms with Crippen molar-refractivity contribution >= 4 is 22.6 Å². The molecule has 2 N–H and O–H groups in total. The maximum atomic E-state index is 12.6. The van der Waals surface area contributed by atoms with E-state index in [1.165, 1.54) is 22.6 Å². The summed E-state index contributed by atoms with van der Waals surface area (Å²) in [6, 6.07) is 0.997. The number of alkyl halides is 6. The van der Waals surface area contributed by atoms with Crippen LogP contribution in [-0.4, -0.2) is 11.3 Å². The third kappa shape index (κ3) is 3.86. The Kier molecular flexibility index (Phi) is 4.30. The van der Waals surface area contributed by atoms with Crippen LogP contribution < -0.4 is 10.5 Å². The number of hydrogen-bond donors (Lipinski definition) is 1. The van der Waals surface area contributed by atoms with E-state index in [-0.39, 0.29) is 3.70 Å². The zero-order chi connectivity index (χ0) is 14.1. The lowest BCUT2D eigenvalue weighted by Gasteiger charge is -2.17. The Morgan fingerprint density at radius 1 is 1.22 bits per heavy atom. The minimum absolute atomic E-state index is 0.130. The molecular formula is C8H5F6IN2O. The predicted octanol–water partition coefficient (Wildman–Crippen LogP) is 3.06. The van der Waals surface area contributed by atoms with Crippen molar-refractivity contribution in [3.63, 3.8) is 0 Å². The molecule has 10 heteroatoms. The van der Waals surface area contributed by atoms with E-state index in [1.807, 2.05) is 0 Å². The molecule has 1 heterocycles. The van der Waals surface area contributed by atoms with E-state index in [0.29, 0.717) is 0 Å². The van der Waals surface area contributed by atoms with Crippen molar-refractivity contribution in [2.45, 2.75) is 19.1 Å². The van der Waals surface area contributed by atoms with Crippen molar-refractivity contribution in [1.82, 2.24) is 4.98 Å². The molecule has 0 aliphatic carbocycles. The van der Waals surface area contributed by atoms with Crippen LogP contribution in [0.5, 0.6) is 5.75 Å². The second-order valence-electron chi connectivity index (χ2n) is 3.03. The molecule has 102 valence electrons. The van der Waals surface area contributed by atoms with Crippen LogP contribution in [0.4, 0.5) is 26.3 Å². The summed E-state index contributed by atoms with van der Waals surface area (Å²) in [7, 11) is 0. The van der Waals surface area contributed by atoms with Gasteiger partial charge in [0.15, 0.2) is 11.4 Å². The smallest absolute Gasteiger partial charge is 0.403 e. The van der Waals surface area contributed by atoms with Crippen LogP contribution in [0.25, 0.3) is 0 Å². The first-order chi connectivity index (χ1) is 8.04. The van der Waals surface area contributed by atoms with Gasteiger partial charge in [0.05, 0.1) is 0 Å². The molecular weight excluding hydrogens is 381 g/mol. The van der Waals surface area contributed by atoms with E-state index >= 15 is 0 Å². The number of hydrogen-bond acceptors (Lipinski definition) is 3. The van der Waals surface area contributed by atoms with Crippen LogP contribution in [0.1, 0.15) is 11.3 Å². The molecule has 0 bridgehead atoms. The van der Waals surface area contributed by atoms with Gasteiger partial charge in [-0.15, -0.1) is 13.2 Å². The largest absolute Gasteiger partial charge is 0.573 e. The Morgan fingerprint density at radius 2 is 1.78 bits per heavy atom. The van der Waals surface area contributed by atoms with Crippen LogP contribution in [-0.2, 0) is 12.7 Å². The summed E-state index contributed by atoms with van der Waals surface area (Å²) in [5.74, 6) is -1.40. The van der Waals surface area contributed by atoms with Crippen LogP contribution >= 0.6 is 22.6 Å². The highest BCUT2D eigenvalue weighted by Gasteiger charge is 2.42. The van der Waals surface area contributed by atoms with E-state index in [1.54, 1.807) is 0 Å². The molecule has 0 unspecified atom stereocenters. The van der Waals surface area contributed by atoms with Gasteiger partial charge in [0.25, 0.3) is 0 Å². The number of pyridine rings is 1. The zero-order valence-electron chi connectivity index (χ0n) is 8.36. The van der Waals surface area contributed by atoms with Gasteiger partial charge in [-0.3, -0.25) is 0 Å². The van der Waals surface area contributed by atoms with E-state index in [2.05, 4.69) is 9.72 Å². The molecule has 0 saturated carbocycles. The van der Waals surface area contributed by atoms with Gasteiger partial charge in [0, 0.05) is 12.1 Å². The molecule has 0 spiro atoms. The van der Waals surface area contributed by atoms with Crippen LogP contribution in [0.2, 0.25) is 0 Å². The summed E-state index contributed by atoms with van der Waals surface area (Å²) in [6.45, 7) is -0.535. The molecule has 0 fully saturated rings. The van der Waals surface area contributed by atoms with Gasteiger partial charge in [0.1, 0.15) is 3.70 Å². The second kappa shape index (κ2) is 5.07. The standard InChI is InChI=1S/C8H5F6IN2O/c9-7(10,11)6-5(18-8(12,13)14)3(2-16)1-4(15)17-6/h1H,2,16H2. The first kappa shape index (κ1) is 15.3. The Balaban J connectivity index is 3.43.